The molecule has 3 aliphatic rings. The average molecular weight is 126 g/mol. The summed E-state index contributed by atoms with van der Waals surface area (Å²) in [5, 5.41) is 0. The highest BCUT2D eigenvalue weighted by Crippen LogP contribution is 2.64. The molecular weight excluding hydrogens is 116 g/mol. The lowest BCUT2D eigenvalue weighted by Gasteiger charge is -2.59. The zero-order valence-electron chi connectivity index (χ0n) is 5.18. The molecule has 0 aromatic carbocycles. The molecular formula is C6H10N2O. The van der Waals surface area contributed by atoms with E-state index in [0.717, 1.165) is 25.2 Å². The van der Waals surface area contributed by atoms with Crippen LogP contribution >= 0.6 is 0 Å². The summed E-state index contributed by atoms with van der Waals surface area (Å²) < 4.78 is 0. The average Bonchev–Trinajstić information content (AvgIpc) is 1.57. The fraction of sp³-hybridized carbons (Fsp3) is 0.833. The number of rotatable bonds is 1. The summed E-state index contributed by atoms with van der Waals surface area (Å²) >= 11 is 0. The van der Waals surface area contributed by atoms with E-state index in [1.54, 1.807) is 0 Å². The van der Waals surface area contributed by atoms with Crippen molar-refractivity contribution in [2.24, 2.45) is 17.2 Å². The first-order valence-corrected chi connectivity index (χ1v) is 3.28. The van der Waals surface area contributed by atoms with Gasteiger partial charge in [0, 0.05) is 0 Å². The van der Waals surface area contributed by atoms with Gasteiger partial charge in [-0.2, -0.15) is 0 Å². The van der Waals surface area contributed by atoms with Crippen LogP contribution in [0.25, 0.3) is 0 Å². The van der Waals surface area contributed by atoms with Crippen LogP contribution in [0.1, 0.15) is 19.3 Å². The minimum atomic E-state index is -0.000579. The van der Waals surface area contributed by atoms with E-state index >= 15 is 0 Å². The van der Waals surface area contributed by atoms with Crippen LogP contribution in [0.4, 0.5) is 0 Å². The van der Waals surface area contributed by atoms with Gasteiger partial charge in [0.15, 0.2) is 0 Å². The topological polar surface area (TPSA) is 55.1 Å². The van der Waals surface area contributed by atoms with Gasteiger partial charge in [0.05, 0.1) is 5.41 Å². The molecule has 0 aliphatic heterocycles. The molecule has 3 heteroatoms. The minimum Gasteiger partial charge on any atom is -0.294 e. The minimum absolute atomic E-state index is 0.000579. The lowest BCUT2D eigenvalue weighted by Crippen LogP contribution is -2.61. The van der Waals surface area contributed by atoms with Gasteiger partial charge in [-0.25, -0.2) is 5.84 Å². The molecule has 2 bridgehead atoms. The monoisotopic (exact) mass is 126 g/mol. The van der Waals surface area contributed by atoms with E-state index in [-0.39, 0.29) is 11.3 Å². The molecule has 3 aliphatic carbocycles. The second kappa shape index (κ2) is 1.29. The summed E-state index contributed by atoms with van der Waals surface area (Å²) in [6.45, 7) is 0. The number of hydrazine groups is 1. The molecule has 50 valence electrons. The molecule has 0 aromatic rings. The summed E-state index contributed by atoms with van der Waals surface area (Å²) in [7, 11) is 0. The van der Waals surface area contributed by atoms with Gasteiger partial charge in [0.1, 0.15) is 0 Å². The molecule has 0 aromatic heterocycles. The molecule has 0 radical (unpaired) electrons. The van der Waals surface area contributed by atoms with Crippen molar-refractivity contribution >= 4 is 5.91 Å². The molecule has 0 heterocycles. The van der Waals surface area contributed by atoms with Crippen LogP contribution < -0.4 is 11.3 Å². The quantitative estimate of drug-likeness (QED) is 0.290. The Morgan fingerprint density at radius 1 is 1.56 bits per heavy atom. The molecule has 0 saturated heterocycles. The Hall–Kier alpha value is -0.570. The Balaban J connectivity index is 2.05. The van der Waals surface area contributed by atoms with Crippen molar-refractivity contribution in [3.05, 3.63) is 0 Å². The highest BCUT2D eigenvalue weighted by molar-refractivity contribution is 5.85. The van der Waals surface area contributed by atoms with Gasteiger partial charge in [0.25, 0.3) is 0 Å². The fourth-order valence-electron chi connectivity index (χ4n) is 1.91. The molecule has 3 nitrogen and oxygen atoms in total. The zero-order chi connectivity index (χ0) is 6.48. The van der Waals surface area contributed by atoms with Crippen molar-refractivity contribution in [3.63, 3.8) is 0 Å². The fourth-order valence-corrected chi connectivity index (χ4v) is 1.91. The maximum Gasteiger partial charge on any atom is 0.240 e. The molecule has 3 fully saturated rings. The summed E-state index contributed by atoms with van der Waals surface area (Å²) in [5.74, 6) is 5.89. The molecule has 0 spiro atoms. The van der Waals surface area contributed by atoms with Gasteiger partial charge in [-0.1, -0.05) is 0 Å². The van der Waals surface area contributed by atoms with Crippen molar-refractivity contribution in [2.75, 3.05) is 0 Å². The summed E-state index contributed by atoms with van der Waals surface area (Å²) in [5.41, 5.74) is 2.21. The third kappa shape index (κ3) is 0.435. The van der Waals surface area contributed by atoms with Crippen molar-refractivity contribution in [1.29, 1.82) is 0 Å². The molecule has 1 amide bonds. The second-order valence-corrected chi connectivity index (χ2v) is 3.23. The maximum atomic E-state index is 10.9. The largest absolute Gasteiger partial charge is 0.294 e. The lowest BCUT2D eigenvalue weighted by atomic mass is 9.44. The van der Waals surface area contributed by atoms with E-state index in [9.17, 15) is 4.79 Å². The van der Waals surface area contributed by atoms with Gasteiger partial charge < -0.3 is 0 Å². The van der Waals surface area contributed by atoms with Crippen LogP contribution in [-0.2, 0) is 4.79 Å². The molecule has 9 heavy (non-hydrogen) atoms. The normalized spacial score (nSPS) is 44.8. The number of nitrogens with one attached hydrogen (secondary N) is 1. The predicted octanol–water partition coefficient (Wildman–Crippen LogP) is -0.224. The first-order chi connectivity index (χ1) is 4.27. The van der Waals surface area contributed by atoms with Gasteiger partial charge in [-0.3, -0.25) is 10.2 Å². The summed E-state index contributed by atoms with van der Waals surface area (Å²) in [6.07, 6.45) is 3.24. The van der Waals surface area contributed by atoms with E-state index in [2.05, 4.69) is 5.43 Å². The third-order valence-corrected chi connectivity index (χ3v) is 2.65. The SMILES string of the molecule is NNC(=O)C12CC(C1)C2. The maximum absolute atomic E-state index is 10.9. The molecule has 3 rings (SSSR count). The Labute approximate surface area is 53.6 Å². The van der Waals surface area contributed by atoms with E-state index in [4.69, 9.17) is 5.84 Å². The Morgan fingerprint density at radius 2 is 2.11 bits per heavy atom. The van der Waals surface area contributed by atoms with E-state index in [0.29, 0.717) is 0 Å². The molecule has 0 atom stereocenters. The smallest absolute Gasteiger partial charge is 0.240 e. The van der Waals surface area contributed by atoms with E-state index in [1.165, 1.54) is 0 Å². The van der Waals surface area contributed by atoms with Gasteiger partial charge in [-0.05, 0) is 25.2 Å². The number of carbonyl (C=O) groups is 1. The summed E-state index contributed by atoms with van der Waals surface area (Å²) in [6, 6.07) is 0. The van der Waals surface area contributed by atoms with Crippen LogP contribution in [0, 0.1) is 11.3 Å². The van der Waals surface area contributed by atoms with Crippen LogP contribution in [-0.4, -0.2) is 5.91 Å². The van der Waals surface area contributed by atoms with Crippen LogP contribution in [0.5, 0.6) is 0 Å². The number of hydrogen-bond acceptors (Lipinski definition) is 2. The standard InChI is InChI=1S/C6H10N2O/c7-8-5(9)6-1-4(2-6)3-6/h4H,1-3,7H2,(H,8,9). The van der Waals surface area contributed by atoms with Crippen LogP contribution in [0.3, 0.4) is 0 Å². The first kappa shape index (κ1) is 5.23. The Morgan fingerprint density at radius 3 is 2.22 bits per heavy atom. The number of amides is 1. The number of nitrogens with two attached hydrogens (primary N) is 1. The predicted molar refractivity (Wildman–Crippen MR) is 32.1 cm³/mol. The third-order valence-electron chi connectivity index (χ3n) is 2.65. The Bertz CT molecular complexity index is 149. The van der Waals surface area contributed by atoms with Crippen molar-refractivity contribution < 1.29 is 4.79 Å². The first-order valence-electron chi connectivity index (χ1n) is 3.28. The molecule has 3 saturated carbocycles. The van der Waals surface area contributed by atoms with Crippen LogP contribution in [0.15, 0.2) is 0 Å². The highest BCUT2D eigenvalue weighted by atomic mass is 16.2. The molecule has 3 N–H and O–H groups in total. The van der Waals surface area contributed by atoms with Crippen LogP contribution in [0.2, 0.25) is 0 Å². The highest BCUT2D eigenvalue weighted by Gasteiger charge is 2.61. The van der Waals surface area contributed by atoms with Crippen molar-refractivity contribution in [2.45, 2.75) is 19.3 Å². The van der Waals surface area contributed by atoms with Crippen molar-refractivity contribution in [1.82, 2.24) is 5.43 Å². The van der Waals surface area contributed by atoms with Gasteiger partial charge >= 0.3 is 0 Å². The van der Waals surface area contributed by atoms with Gasteiger partial charge in [-0.15, -0.1) is 0 Å². The number of carbonyl (C=O) groups excluding carboxylic acids is 1. The summed E-state index contributed by atoms with van der Waals surface area (Å²) in [4.78, 5) is 10.9. The zero-order valence-corrected chi connectivity index (χ0v) is 5.18. The Kier molecular flexibility index (Phi) is 0.750. The van der Waals surface area contributed by atoms with Crippen molar-refractivity contribution in [3.8, 4) is 0 Å². The second-order valence-electron chi connectivity index (χ2n) is 3.23. The molecule has 0 unspecified atom stereocenters. The lowest BCUT2D eigenvalue weighted by molar-refractivity contribution is -0.165. The van der Waals surface area contributed by atoms with E-state index < -0.39 is 0 Å². The number of hydrogen-bond donors (Lipinski definition) is 2. The van der Waals surface area contributed by atoms with E-state index in [1.807, 2.05) is 0 Å². The van der Waals surface area contributed by atoms with Gasteiger partial charge in [0.2, 0.25) is 5.91 Å².